The van der Waals surface area contributed by atoms with Crippen LogP contribution in [-0.4, -0.2) is 37.8 Å². The molecule has 4 nitrogen and oxygen atoms in total. The zero-order chi connectivity index (χ0) is 15.1. The molecule has 0 heterocycles. The van der Waals surface area contributed by atoms with Gasteiger partial charge in [0.05, 0.1) is 0 Å². The van der Waals surface area contributed by atoms with Gasteiger partial charge in [0.1, 0.15) is 0 Å². The number of hydrogen-bond acceptors (Lipinski definition) is 3. The van der Waals surface area contributed by atoms with Gasteiger partial charge in [-0.05, 0) is 0 Å². The Bertz CT molecular complexity index is 555. The van der Waals surface area contributed by atoms with E-state index in [2.05, 4.69) is 18.8 Å². The number of phenolic OH excluding ortho intramolecular Hbond substituents is 2. The molecule has 0 spiro atoms. The molecule has 0 bridgehead atoms. The normalized spacial score (nSPS) is 10.1. The van der Waals surface area contributed by atoms with Crippen molar-refractivity contribution in [2.75, 3.05) is 0 Å². The van der Waals surface area contributed by atoms with Gasteiger partial charge in [0.15, 0.2) is 0 Å². The van der Waals surface area contributed by atoms with Crippen molar-refractivity contribution in [3.8, 4) is 23.3 Å². The van der Waals surface area contributed by atoms with Crippen LogP contribution in [0.2, 0.25) is 0 Å². The Kier molecular flexibility index (Phi) is 6.46. The zero-order valence-electron chi connectivity index (χ0n) is 11.9. The SMILES string of the molecule is CCCCCC#CCc1cc(C(=O)O)[c]([GeH3])c(O)c1O. The number of aromatic carboxylic acids is 1. The minimum atomic E-state index is -1.08. The van der Waals surface area contributed by atoms with Crippen LogP contribution >= 0.6 is 0 Å². The summed E-state index contributed by atoms with van der Waals surface area (Å²) in [6.45, 7) is 2.12. The summed E-state index contributed by atoms with van der Waals surface area (Å²) >= 11 is -0.0351. The molecule has 0 saturated carbocycles. The standard InChI is InChI=1S/C15H20GeO4/c1-2-3-4-5-6-7-8-10-9-11(15(19)20)12(16)14(18)13(10)17/h9,17-18H,2-5,8H2,1,16H3,(H,19,20). The van der Waals surface area contributed by atoms with E-state index in [1.165, 1.54) is 6.07 Å². The molecule has 108 valence electrons. The van der Waals surface area contributed by atoms with E-state index >= 15 is 0 Å². The molecule has 0 atom stereocenters. The van der Waals surface area contributed by atoms with Gasteiger partial charge >= 0.3 is 127 Å². The molecule has 3 N–H and O–H groups in total. The molecule has 0 amide bonds. The second-order valence-electron chi connectivity index (χ2n) is 4.70. The molecule has 0 saturated heterocycles. The number of aromatic hydroxyl groups is 2. The fourth-order valence-electron chi connectivity index (χ4n) is 1.87. The number of unbranched alkanes of at least 4 members (excludes halogenated alkanes) is 3. The molecule has 1 rings (SSSR count). The molecule has 0 aromatic heterocycles. The molecule has 0 unspecified atom stereocenters. The van der Waals surface area contributed by atoms with E-state index in [0.29, 0.717) is 9.96 Å². The summed E-state index contributed by atoms with van der Waals surface area (Å²) in [7, 11) is 0. The van der Waals surface area contributed by atoms with Gasteiger partial charge in [-0.15, -0.1) is 0 Å². The molecule has 5 heteroatoms. The molecular formula is C15H20GeO4. The molecule has 0 radical (unpaired) electrons. The number of benzene rings is 1. The average Bonchev–Trinajstić information content (AvgIpc) is 2.42. The first-order chi connectivity index (χ1) is 9.49. The molecule has 0 fully saturated rings. The molecule has 1 aromatic carbocycles. The molecule has 0 aliphatic rings. The summed E-state index contributed by atoms with van der Waals surface area (Å²) in [6, 6.07) is 1.42. The fraction of sp³-hybridized carbons (Fsp3) is 0.400. The van der Waals surface area contributed by atoms with Crippen molar-refractivity contribution in [3.63, 3.8) is 0 Å². The summed E-state index contributed by atoms with van der Waals surface area (Å²) in [5.74, 6) is 4.30. The van der Waals surface area contributed by atoms with E-state index in [1.54, 1.807) is 0 Å². The van der Waals surface area contributed by atoms with Gasteiger partial charge in [-0.3, -0.25) is 0 Å². The van der Waals surface area contributed by atoms with Gasteiger partial charge in [0, 0.05) is 0 Å². The van der Waals surface area contributed by atoms with Gasteiger partial charge in [-0.1, -0.05) is 0 Å². The molecule has 0 aliphatic carbocycles. The van der Waals surface area contributed by atoms with Crippen molar-refractivity contribution >= 4 is 26.9 Å². The number of phenols is 2. The van der Waals surface area contributed by atoms with Crippen molar-refractivity contribution in [2.24, 2.45) is 0 Å². The third-order valence-electron chi connectivity index (χ3n) is 3.15. The van der Waals surface area contributed by atoms with Gasteiger partial charge in [0.25, 0.3) is 0 Å². The number of carboxylic acid groups (broad SMARTS) is 1. The Morgan fingerprint density at radius 1 is 1.25 bits per heavy atom. The predicted molar refractivity (Wildman–Crippen MR) is 81.9 cm³/mol. The van der Waals surface area contributed by atoms with Crippen LogP contribution in [0.25, 0.3) is 0 Å². The second-order valence-corrected chi connectivity index (χ2v) is 6.80. The fourth-order valence-corrected chi connectivity index (χ4v) is 3.12. The van der Waals surface area contributed by atoms with Crippen LogP contribution in [0.4, 0.5) is 0 Å². The Morgan fingerprint density at radius 2 is 1.95 bits per heavy atom. The summed E-state index contributed by atoms with van der Waals surface area (Å²) < 4.78 is 0.349. The average molecular weight is 337 g/mol. The first kappa shape index (κ1) is 16.4. The van der Waals surface area contributed by atoms with E-state index in [-0.39, 0.29) is 40.0 Å². The Labute approximate surface area is 127 Å². The van der Waals surface area contributed by atoms with Crippen molar-refractivity contribution < 1.29 is 20.1 Å². The van der Waals surface area contributed by atoms with Crippen LogP contribution in [-0.2, 0) is 6.42 Å². The third kappa shape index (κ3) is 4.20. The summed E-state index contributed by atoms with van der Waals surface area (Å²) in [5, 5.41) is 28.7. The van der Waals surface area contributed by atoms with Crippen LogP contribution < -0.4 is 4.40 Å². The maximum absolute atomic E-state index is 11.1. The van der Waals surface area contributed by atoms with E-state index in [1.807, 2.05) is 0 Å². The molecule has 20 heavy (non-hydrogen) atoms. The van der Waals surface area contributed by atoms with Crippen LogP contribution in [0.3, 0.4) is 0 Å². The third-order valence-corrected chi connectivity index (χ3v) is 5.27. The van der Waals surface area contributed by atoms with Crippen LogP contribution in [0, 0.1) is 11.8 Å². The van der Waals surface area contributed by atoms with E-state index in [0.717, 1.165) is 25.7 Å². The van der Waals surface area contributed by atoms with Gasteiger partial charge in [0.2, 0.25) is 0 Å². The number of rotatable bonds is 5. The first-order valence-electron chi connectivity index (χ1n) is 6.72. The van der Waals surface area contributed by atoms with Crippen molar-refractivity contribution in [1.29, 1.82) is 0 Å². The maximum atomic E-state index is 11.1. The zero-order valence-corrected chi connectivity index (χ0v) is 16.1. The van der Waals surface area contributed by atoms with Crippen molar-refractivity contribution in [3.05, 3.63) is 17.2 Å². The number of carboxylic acids is 1. The predicted octanol–water partition coefficient (Wildman–Crippen LogP) is 0.913. The van der Waals surface area contributed by atoms with E-state index < -0.39 is 5.97 Å². The minimum absolute atomic E-state index is 0.0351. The summed E-state index contributed by atoms with van der Waals surface area (Å²) in [6.07, 6.45) is 4.37. The van der Waals surface area contributed by atoms with Crippen LogP contribution in [0.5, 0.6) is 11.5 Å². The topological polar surface area (TPSA) is 77.8 Å². The number of hydrogen-bond donors (Lipinski definition) is 3. The second kappa shape index (κ2) is 7.86. The molecule has 0 aliphatic heterocycles. The Morgan fingerprint density at radius 3 is 2.55 bits per heavy atom. The molecule has 1 aromatic rings. The summed E-state index contributed by atoms with van der Waals surface area (Å²) in [5.41, 5.74) is 0.443. The van der Waals surface area contributed by atoms with Crippen LogP contribution in [0.1, 0.15) is 48.5 Å². The molecular weight excluding hydrogens is 317 g/mol. The van der Waals surface area contributed by atoms with E-state index in [4.69, 9.17) is 5.11 Å². The quantitative estimate of drug-likeness (QED) is 0.323. The van der Waals surface area contributed by atoms with Gasteiger partial charge < -0.3 is 0 Å². The van der Waals surface area contributed by atoms with Gasteiger partial charge in [-0.2, -0.15) is 0 Å². The monoisotopic (exact) mass is 338 g/mol. The Hall–Kier alpha value is -1.61. The Balaban J connectivity index is 2.87. The van der Waals surface area contributed by atoms with Crippen molar-refractivity contribution in [1.82, 2.24) is 0 Å². The summed E-state index contributed by atoms with van der Waals surface area (Å²) in [4.78, 5) is 11.1. The van der Waals surface area contributed by atoms with E-state index in [9.17, 15) is 15.0 Å². The van der Waals surface area contributed by atoms with Crippen LogP contribution in [0.15, 0.2) is 6.07 Å². The first-order valence-corrected chi connectivity index (χ1v) is 8.82. The van der Waals surface area contributed by atoms with Gasteiger partial charge in [-0.25, -0.2) is 0 Å². The van der Waals surface area contributed by atoms with Crippen molar-refractivity contribution in [2.45, 2.75) is 39.0 Å². The number of carbonyl (C=O) groups is 1.